The van der Waals surface area contributed by atoms with Crippen LogP contribution in [0.15, 0.2) is 40.9 Å². The van der Waals surface area contributed by atoms with Gasteiger partial charge in [0.1, 0.15) is 19.0 Å². The molecule has 0 saturated heterocycles. The van der Waals surface area contributed by atoms with Crippen molar-refractivity contribution in [3.8, 4) is 17.2 Å². The Kier molecular flexibility index (Phi) is 5.10. The Hall–Kier alpha value is -2.41. The number of halogens is 1. The van der Waals surface area contributed by atoms with E-state index in [-0.39, 0.29) is 6.03 Å². The molecule has 3 rings (SSSR count). The molecule has 126 valence electrons. The number of urea groups is 1. The van der Waals surface area contributed by atoms with Gasteiger partial charge < -0.3 is 24.8 Å². The van der Waals surface area contributed by atoms with E-state index in [9.17, 15) is 4.79 Å². The van der Waals surface area contributed by atoms with Gasteiger partial charge in [-0.15, -0.1) is 0 Å². The van der Waals surface area contributed by atoms with E-state index in [2.05, 4.69) is 26.6 Å². The van der Waals surface area contributed by atoms with Gasteiger partial charge in [0.05, 0.1) is 12.8 Å². The summed E-state index contributed by atoms with van der Waals surface area (Å²) in [5.41, 5.74) is 1.60. The van der Waals surface area contributed by atoms with Crippen molar-refractivity contribution in [2.75, 3.05) is 25.6 Å². The second-order valence-corrected chi connectivity index (χ2v) is 5.99. The summed E-state index contributed by atoms with van der Waals surface area (Å²) in [5, 5.41) is 5.60. The van der Waals surface area contributed by atoms with Crippen molar-refractivity contribution in [3.63, 3.8) is 0 Å². The predicted octanol–water partition coefficient (Wildman–Crippen LogP) is 3.55. The molecule has 0 fully saturated rings. The Morgan fingerprint density at radius 3 is 2.50 bits per heavy atom. The molecule has 1 aliphatic heterocycles. The van der Waals surface area contributed by atoms with Crippen molar-refractivity contribution in [1.29, 1.82) is 0 Å². The van der Waals surface area contributed by atoms with Crippen LogP contribution in [0, 0.1) is 0 Å². The minimum atomic E-state index is -0.303. The first kappa shape index (κ1) is 16.4. The minimum absolute atomic E-state index is 0.303. The van der Waals surface area contributed by atoms with Gasteiger partial charge in [-0.3, -0.25) is 0 Å². The zero-order chi connectivity index (χ0) is 16.9. The molecular weight excluding hydrogens is 376 g/mol. The van der Waals surface area contributed by atoms with Crippen molar-refractivity contribution < 1.29 is 19.0 Å². The van der Waals surface area contributed by atoms with E-state index in [4.69, 9.17) is 14.2 Å². The highest BCUT2D eigenvalue weighted by Gasteiger charge is 2.16. The molecule has 2 aromatic carbocycles. The van der Waals surface area contributed by atoms with Crippen LogP contribution in [0.2, 0.25) is 0 Å². The van der Waals surface area contributed by atoms with E-state index in [0.717, 1.165) is 15.8 Å². The Morgan fingerprint density at radius 2 is 1.83 bits per heavy atom. The summed E-state index contributed by atoms with van der Waals surface area (Å²) in [7, 11) is 1.62. The van der Waals surface area contributed by atoms with Crippen LogP contribution in [0.1, 0.15) is 5.56 Å². The molecule has 7 heteroatoms. The number of ether oxygens (including phenoxy) is 3. The molecule has 24 heavy (non-hydrogen) atoms. The van der Waals surface area contributed by atoms with E-state index < -0.39 is 0 Å². The zero-order valence-electron chi connectivity index (χ0n) is 13.1. The molecule has 0 radical (unpaired) electrons. The Bertz CT molecular complexity index is 734. The largest absolute Gasteiger partial charge is 0.497 e. The molecular formula is C17H17BrN2O4. The smallest absolute Gasteiger partial charge is 0.319 e. The molecule has 2 aromatic rings. The molecule has 0 atom stereocenters. The minimum Gasteiger partial charge on any atom is -0.497 e. The third-order valence-corrected chi connectivity index (χ3v) is 4.15. The van der Waals surface area contributed by atoms with Crippen molar-refractivity contribution in [2.45, 2.75) is 6.54 Å². The molecule has 2 N–H and O–H groups in total. The fourth-order valence-corrected chi connectivity index (χ4v) is 2.67. The van der Waals surface area contributed by atoms with Gasteiger partial charge in [-0.25, -0.2) is 4.79 Å². The number of hydrogen-bond acceptors (Lipinski definition) is 4. The average molecular weight is 393 g/mol. The average Bonchev–Trinajstić information content (AvgIpc) is 2.61. The summed E-state index contributed by atoms with van der Waals surface area (Å²) in [5.74, 6) is 2.07. The first-order valence-electron chi connectivity index (χ1n) is 7.42. The summed E-state index contributed by atoms with van der Waals surface area (Å²) in [6.45, 7) is 1.43. The van der Waals surface area contributed by atoms with Crippen LogP contribution in [0.25, 0.3) is 0 Å². The second-order valence-electron chi connectivity index (χ2n) is 5.13. The monoisotopic (exact) mass is 392 g/mol. The van der Waals surface area contributed by atoms with Crippen molar-refractivity contribution in [1.82, 2.24) is 5.32 Å². The number of methoxy groups -OCH3 is 1. The molecule has 0 bridgehead atoms. The second kappa shape index (κ2) is 7.44. The van der Waals surface area contributed by atoms with Gasteiger partial charge in [0.15, 0.2) is 11.5 Å². The quantitative estimate of drug-likeness (QED) is 0.834. The van der Waals surface area contributed by atoms with E-state index in [1.54, 1.807) is 19.2 Å². The number of benzene rings is 2. The van der Waals surface area contributed by atoms with E-state index in [1.165, 1.54) is 0 Å². The first-order valence-corrected chi connectivity index (χ1v) is 8.22. The molecule has 0 saturated carbocycles. The van der Waals surface area contributed by atoms with Crippen LogP contribution in [0.4, 0.5) is 10.5 Å². The lowest BCUT2D eigenvalue weighted by Crippen LogP contribution is -2.28. The number of anilines is 1. The van der Waals surface area contributed by atoms with E-state index in [0.29, 0.717) is 36.9 Å². The Balaban J connectivity index is 1.60. The number of hydrogen-bond donors (Lipinski definition) is 2. The SMILES string of the molecule is COc1ccc(CNC(=O)Nc2cc3c(cc2Br)OCCO3)cc1. The number of carbonyl (C=O) groups is 1. The fourth-order valence-electron chi connectivity index (χ4n) is 2.25. The number of rotatable bonds is 4. The molecule has 2 amide bonds. The molecule has 0 aliphatic carbocycles. The number of fused-ring (bicyclic) bond motifs is 1. The van der Waals surface area contributed by atoms with Crippen molar-refractivity contribution >= 4 is 27.6 Å². The van der Waals surface area contributed by atoms with Gasteiger partial charge in [0.25, 0.3) is 0 Å². The van der Waals surface area contributed by atoms with Crippen LogP contribution in [0.3, 0.4) is 0 Å². The van der Waals surface area contributed by atoms with Crippen molar-refractivity contribution in [2.24, 2.45) is 0 Å². The molecule has 0 unspecified atom stereocenters. The highest BCUT2D eigenvalue weighted by molar-refractivity contribution is 9.10. The van der Waals surface area contributed by atoms with Gasteiger partial charge in [0, 0.05) is 23.2 Å². The van der Waals surface area contributed by atoms with Crippen LogP contribution in [-0.4, -0.2) is 26.4 Å². The normalized spacial score (nSPS) is 12.4. The molecule has 1 heterocycles. The molecule has 6 nitrogen and oxygen atoms in total. The summed E-state index contributed by atoms with van der Waals surface area (Å²) in [6, 6.07) is 10.7. The maximum atomic E-state index is 12.1. The van der Waals surface area contributed by atoms with Gasteiger partial charge in [0.2, 0.25) is 0 Å². The number of nitrogens with one attached hydrogen (secondary N) is 2. The lowest BCUT2D eigenvalue weighted by atomic mass is 10.2. The Morgan fingerprint density at radius 1 is 1.17 bits per heavy atom. The summed E-state index contributed by atoms with van der Waals surface area (Å²) < 4.78 is 16.9. The third kappa shape index (κ3) is 3.91. The summed E-state index contributed by atoms with van der Waals surface area (Å²) in [6.07, 6.45) is 0. The Labute approximate surface area is 148 Å². The zero-order valence-corrected chi connectivity index (χ0v) is 14.7. The lowest BCUT2D eigenvalue weighted by molar-refractivity contribution is 0.171. The van der Waals surface area contributed by atoms with Crippen LogP contribution in [0.5, 0.6) is 17.2 Å². The van der Waals surface area contributed by atoms with Gasteiger partial charge in [-0.1, -0.05) is 12.1 Å². The summed E-state index contributed by atoms with van der Waals surface area (Å²) in [4.78, 5) is 12.1. The predicted molar refractivity (Wildman–Crippen MR) is 94.0 cm³/mol. The standard InChI is InChI=1S/C17H17BrN2O4/c1-22-12-4-2-11(3-5-12)10-19-17(21)20-14-9-16-15(8-13(14)18)23-6-7-24-16/h2-5,8-9H,6-7,10H2,1H3,(H2,19,20,21). The highest BCUT2D eigenvalue weighted by atomic mass is 79.9. The van der Waals surface area contributed by atoms with Gasteiger partial charge >= 0.3 is 6.03 Å². The lowest BCUT2D eigenvalue weighted by Gasteiger charge is -2.20. The summed E-state index contributed by atoms with van der Waals surface area (Å²) >= 11 is 3.42. The third-order valence-electron chi connectivity index (χ3n) is 3.49. The van der Waals surface area contributed by atoms with Crippen molar-refractivity contribution in [3.05, 3.63) is 46.4 Å². The maximum absolute atomic E-state index is 12.1. The van der Waals surface area contributed by atoms with Gasteiger partial charge in [-0.05, 0) is 33.6 Å². The number of amides is 2. The van der Waals surface area contributed by atoms with Crippen LogP contribution in [-0.2, 0) is 6.54 Å². The van der Waals surface area contributed by atoms with E-state index in [1.807, 2.05) is 24.3 Å². The van der Waals surface area contributed by atoms with Gasteiger partial charge in [-0.2, -0.15) is 0 Å². The van der Waals surface area contributed by atoms with Crippen LogP contribution < -0.4 is 24.8 Å². The number of carbonyl (C=O) groups excluding carboxylic acids is 1. The molecule has 1 aliphatic rings. The molecule has 0 aromatic heterocycles. The van der Waals surface area contributed by atoms with E-state index >= 15 is 0 Å². The molecule has 0 spiro atoms. The topological polar surface area (TPSA) is 68.8 Å². The highest BCUT2D eigenvalue weighted by Crippen LogP contribution is 2.38. The first-order chi connectivity index (χ1) is 11.7. The van der Waals surface area contributed by atoms with Crippen LogP contribution >= 0.6 is 15.9 Å². The maximum Gasteiger partial charge on any atom is 0.319 e. The fraction of sp³-hybridized carbons (Fsp3) is 0.235.